The monoisotopic (exact) mass is 447 g/mol. The molecule has 0 saturated carbocycles. The minimum Gasteiger partial charge on any atom is -0.438 e. The number of rotatable bonds is 8. The van der Waals surface area contributed by atoms with Gasteiger partial charge in [0.2, 0.25) is 5.88 Å². The fourth-order valence-corrected chi connectivity index (χ4v) is 2.94. The van der Waals surface area contributed by atoms with E-state index in [1.165, 1.54) is 19.4 Å². The number of carbonyl (C=O) groups is 1. The zero-order valence-corrected chi connectivity index (χ0v) is 19.4. The lowest BCUT2D eigenvalue weighted by atomic mass is 9.95. The van der Waals surface area contributed by atoms with Crippen LogP contribution in [-0.4, -0.2) is 49.8 Å². The maximum absolute atomic E-state index is 13.1. The number of nitrogens with one attached hydrogen (secondary N) is 1. The van der Waals surface area contributed by atoms with Gasteiger partial charge in [-0.1, -0.05) is 39.0 Å². The summed E-state index contributed by atoms with van der Waals surface area (Å²) < 4.78 is 34.2. The number of benzene rings is 1. The van der Waals surface area contributed by atoms with Gasteiger partial charge in [-0.2, -0.15) is 4.98 Å². The molecule has 0 aliphatic carbocycles. The molecule has 1 N–H and O–H groups in total. The molecule has 1 aromatic heterocycles. The molecule has 0 aliphatic rings. The maximum Gasteiger partial charge on any atom is 0.258 e. The van der Waals surface area contributed by atoms with Gasteiger partial charge in [0.1, 0.15) is 17.1 Å². The third-order valence-corrected chi connectivity index (χ3v) is 4.99. The molecule has 0 unspecified atom stereocenters. The first kappa shape index (κ1) is 24.5. The summed E-state index contributed by atoms with van der Waals surface area (Å²) in [4.78, 5) is 21.9. The van der Waals surface area contributed by atoms with Crippen LogP contribution in [0.3, 0.4) is 0 Å². The van der Waals surface area contributed by atoms with Crippen molar-refractivity contribution in [1.82, 2.24) is 15.3 Å². The lowest BCUT2D eigenvalue weighted by Gasteiger charge is -2.22. The first-order chi connectivity index (χ1) is 14.4. The third kappa shape index (κ3) is 7.45. The predicted octanol–water partition coefficient (Wildman–Crippen LogP) is 3.26. The summed E-state index contributed by atoms with van der Waals surface area (Å²) in [6.45, 7) is 7.60. The molecule has 9 heteroatoms. The van der Waals surface area contributed by atoms with Crippen LogP contribution in [0.15, 0.2) is 48.0 Å². The topological polar surface area (TPSA) is 107 Å². The fourth-order valence-electron chi connectivity index (χ4n) is 2.49. The molecule has 2 aromatic rings. The molecular formula is C22H29N3O5S. The number of aromatic nitrogens is 2. The van der Waals surface area contributed by atoms with Crippen LogP contribution in [0.5, 0.6) is 11.6 Å². The number of nitrogens with zero attached hydrogens (tertiary/aromatic N) is 2. The van der Waals surface area contributed by atoms with Crippen molar-refractivity contribution in [2.75, 3.05) is 13.4 Å². The van der Waals surface area contributed by atoms with Crippen molar-refractivity contribution < 1.29 is 22.7 Å². The van der Waals surface area contributed by atoms with Crippen LogP contribution in [0.2, 0.25) is 0 Å². The van der Waals surface area contributed by atoms with Gasteiger partial charge in [0, 0.05) is 30.4 Å². The van der Waals surface area contributed by atoms with E-state index in [1.54, 1.807) is 19.1 Å². The summed E-state index contributed by atoms with van der Waals surface area (Å²) in [5, 5.41) is 3.80. The summed E-state index contributed by atoms with van der Waals surface area (Å²) in [7, 11) is -1.89. The lowest BCUT2D eigenvalue weighted by molar-refractivity contribution is 0.0780. The number of ether oxygens (including phenoxy) is 2. The molecule has 0 spiro atoms. The van der Waals surface area contributed by atoms with Crippen LogP contribution in [0.4, 0.5) is 0 Å². The van der Waals surface area contributed by atoms with Gasteiger partial charge in [-0.3, -0.25) is 4.79 Å². The van der Waals surface area contributed by atoms with E-state index in [0.29, 0.717) is 11.6 Å². The van der Waals surface area contributed by atoms with Gasteiger partial charge >= 0.3 is 0 Å². The summed E-state index contributed by atoms with van der Waals surface area (Å²) in [5.41, 5.74) is -0.229. The Kier molecular flexibility index (Phi) is 7.91. The number of sulfone groups is 1. The smallest absolute Gasteiger partial charge is 0.258 e. The second-order valence-electron chi connectivity index (χ2n) is 8.18. The number of hydrogen-bond donors (Lipinski definition) is 1. The van der Waals surface area contributed by atoms with Crippen molar-refractivity contribution in [1.29, 1.82) is 0 Å². The minimum atomic E-state index is -3.37. The van der Waals surface area contributed by atoms with E-state index in [9.17, 15) is 13.2 Å². The van der Waals surface area contributed by atoms with Crippen molar-refractivity contribution in [2.45, 2.75) is 45.3 Å². The molecule has 0 aliphatic heterocycles. The standard InChI is InChI=1S/C22H29N3O5S/c1-15(29-5)18(12-13-31(6,27)28)24-19(26)17-14-23-21(22(2,3)4)25-20(17)30-16-10-8-7-9-11-16/h7-15,18H,1-6H3,(H,24,26)/b13-12+/t15-,18-/m1/s1. The highest BCUT2D eigenvalue weighted by molar-refractivity contribution is 7.93. The van der Waals surface area contributed by atoms with Crippen molar-refractivity contribution in [3.05, 3.63) is 59.4 Å². The molecular weight excluding hydrogens is 418 g/mol. The Labute approximate surface area is 183 Å². The quantitative estimate of drug-likeness (QED) is 0.662. The lowest BCUT2D eigenvalue weighted by Crippen LogP contribution is -2.42. The Balaban J connectivity index is 2.41. The Morgan fingerprint density at radius 2 is 1.84 bits per heavy atom. The van der Waals surface area contributed by atoms with E-state index in [-0.39, 0.29) is 16.9 Å². The molecule has 2 atom stereocenters. The molecule has 1 heterocycles. The van der Waals surface area contributed by atoms with Crippen LogP contribution in [-0.2, 0) is 20.0 Å². The van der Waals surface area contributed by atoms with E-state index < -0.39 is 27.9 Å². The summed E-state index contributed by atoms with van der Waals surface area (Å²) in [6.07, 6.45) is 3.39. The van der Waals surface area contributed by atoms with Crippen LogP contribution in [0.1, 0.15) is 43.9 Å². The molecule has 8 nitrogen and oxygen atoms in total. The molecule has 0 radical (unpaired) electrons. The number of carbonyl (C=O) groups excluding carboxylic acids is 1. The van der Waals surface area contributed by atoms with Gasteiger partial charge in [-0.05, 0) is 25.1 Å². The van der Waals surface area contributed by atoms with E-state index in [4.69, 9.17) is 9.47 Å². The highest BCUT2D eigenvalue weighted by Gasteiger charge is 2.25. The molecule has 168 valence electrons. The first-order valence-corrected chi connectivity index (χ1v) is 11.7. The van der Waals surface area contributed by atoms with Gasteiger partial charge in [0.25, 0.3) is 5.91 Å². The molecule has 0 saturated heterocycles. The van der Waals surface area contributed by atoms with Gasteiger partial charge in [0.05, 0.1) is 12.1 Å². The molecule has 31 heavy (non-hydrogen) atoms. The van der Waals surface area contributed by atoms with Crippen LogP contribution in [0.25, 0.3) is 0 Å². The first-order valence-electron chi connectivity index (χ1n) is 9.73. The molecule has 2 rings (SSSR count). The minimum absolute atomic E-state index is 0.111. The maximum atomic E-state index is 13.1. The second kappa shape index (κ2) is 10.0. The van der Waals surface area contributed by atoms with Crippen molar-refractivity contribution >= 4 is 15.7 Å². The summed E-state index contributed by atoms with van der Waals surface area (Å²) in [6, 6.07) is 8.29. The second-order valence-corrected chi connectivity index (χ2v) is 10.1. The van der Waals surface area contributed by atoms with Crippen molar-refractivity contribution in [3.63, 3.8) is 0 Å². The highest BCUT2D eigenvalue weighted by atomic mass is 32.2. The Morgan fingerprint density at radius 1 is 1.19 bits per heavy atom. The number of methoxy groups -OCH3 is 1. The largest absolute Gasteiger partial charge is 0.438 e. The Bertz CT molecular complexity index is 1030. The van der Waals surface area contributed by atoms with E-state index in [0.717, 1.165) is 11.7 Å². The molecule has 0 bridgehead atoms. The third-order valence-electron chi connectivity index (χ3n) is 4.34. The van der Waals surface area contributed by atoms with Crippen LogP contribution in [0, 0.1) is 0 Å². The molecule has 1 aromatic carbocycles. The van der Waals surface area contributed by atoms with Gasteiger partial charge in [-0.15, -0.1) is 0 Å². The van der Waals surface area contributed by atoms with E-state index in [2.05, 4.69) is 15.3 Å². The van der Waals surface area contributed by atoms with Gasteiger partial charge in [0.15, 0.2) is 9.84 Å². The zero-order chi connectivity index (χ0) is 23.2. The summed E-state index contributed by atoms with van der Waals surface area (Å²) >= 11 is 0. The van der Waals surface area contributed by atoms with Gasteiger partial charge < -0.3 is 14.8 Å². The SMILES string of the molecule is CO[C@H](C)[C@@H](/C=C/S(C)(=O)=O)NC(=O)c1cnc(C(C)(C)C)nc1Oc1ccccc1. The van der Waals surface area contributed by atoms with Crippen molar-refractivity contribution in [2.24, 2.45) is 0 Å². The Hall–Kier alpha value is -2.78. The zero-order valence-electron chi connectivity index (χ0n) is 18.6. The predicted molar refractivity (Wildman–Crippen MR) is 119 cm³/mol. The average Bonchev–Trinajstić information content (AvgIpc) is 2.69. The van der Waals surface area contributed by atoms with Crippen LogP contribution >= 0.6 is 0 Å². The number of amides is 1. The fraction of sp³-hybridized carbons (Fsp3) is 0.409. The van der Waals surface area contributed by atoms with E-state index in [1.807, 2.05) is 39.0 Å². The Morgan fingerprint density at radius 3 is 2.39 bits per heavy atom. The highest BCUT2D eigenvalue weighted by Crippen LogP contribution is 2.26. The molecule has 1 amide bonds. The van der Waals surface area contributed by atoms with Crippen molar-refractivity contribution in [3.8, 4) is 11.6 Å². The van der Waals surface area contributed by atoms with E-state index >= 15 is 0 Å². The van der Waals surface area contributed by atoms with Gasteiger partial charge in [-0.25, -0.2) is 13.4 Å². The normalized spacial score (nSPS) is 14.3. The average molecular weight is 448 g/mol. The number of para-hydroxylation sites is 1. The number of hydrogen-bond acceptors (Lipinski definition) is 7. The molecule has 0 fully saturated rings. The summed E-state index contributed by atoms with van der Waals surface area (Å²) in [5.74, 6) is 0.639. The van der Waals surface area contributed by atoms with Crippen LogP contribution < -0.4 is 10.1 Å².